The topological polar surface area (TPSA) is 27.3 Å². The highest BCUT2D eigenvalue weighted by atomic mass is 32.1. The van der Waals surface area contributed by atoms with Gasteiger partial charge in [0.2, 0.25) is 0 Å². The number of thiocarbonyl (C=S) groups is 1. The summed E-state index contributed by atoms with van der Waals surface area (Å²) < 4.78 is 13.1. The molecule has 5 heteroatoms. The molecule has 0 aromatic heterocycles. The number of benzene rings is 1. The van der Waals surface area contributed by atoms with Gasteiger partial charge in [-0.3, -0.25) is 0 Å². The Morgan fingerprint density at radius 2 is 2.33 bits per heavy atom. The van der Waals surface area contributed by atoms with Crippen LogP contribution in [0.2, 0.25) is 0 Å². The van der Waals surface area contributed by atoms with E-state index in [9.17, 15) is 4.39 Å². The minimum Gasteiger partial charge on any atom is -0.362 e. The fourth-order valence-corrected chi connectivity index (χ4v) is 2.96. The van der Waals surface area contributed by atoms with Crippen molar-refractivity contribution in [3.8, 4) is 0 Å². The average Bonchev–Trinajstić information content (AvgIpc) is 2.44. The fourth-order valence-electron chi connectivity index (χ4n) is 2.74. The molecular weight excluding hydrogens is 285 g/mol. The molecule has 0 bridgehead atoms. The molecule has 1 heterocycles. The molecule has 2 N–H and O–H groups in total. The Hall–Kier alpha value is -1.20. The third-order valence-electron chi connectivity index (χ3n) is 3.76. The van der Waals surface area contributed by atoms with Crippen LogP contribution < -0.4 is 10.6 Å². The summed E-state index contributed by atoms with van der Waals surface area (Å²) in [5.74, 6) is 0.560. The molecule has 0 spiro atoms. The van der Waals surface area contributed by atoms with E-state index in [1.54, 1.807) is 12.1 Å². The first kappa shape index (κ1) is 16.2. The first-order valence-electron chi connectivity index (χ1n) is 7.66. The van der Waals surface area contributed by atoms with Crippen LogP contribution >= 0.6 is 12.2 Å². The summed E-state index contributed by atoms with van der Waals surface area (Å²) in [7, 11) is 0. The van der Waals surface area contributed by atoms with Gasteiger partial charge in [-0.15, -0.1) is 0 Å². The van der Waals surface area contributed by atoms with Gasteiger partial charge in [-0.1, -0.05) is 13.0 Å². The Bertz CT molecular complexity index is 467. The van der Waals surface area contributed by atoms with Crippen molar-refractivity contribution in [3.05, 3.63) is 30.1 Å². The monoisotopic (exact) mass is 309 g/mol. The highest BCUT2D eigenvalue weighted by molar-refractivity contribution is 7.80. The molecule has 0 saturated carbocycles. The van der Waals surface area contributed by atoms with Crippen molar-refractivity contribution in [2.45, 2.75) is 26.2 Å². The Morgan fingerprint density at radius 1 is 1.48 bits per heavy atom. The molecule has 1 aromatic rings. The van der Waals surface area contributed by atoms with E-state index in [0.717, 1.165) is 25.4 Å². The van der Waals surface area contributed by atoms with E-state index in [1.807, 2.05) is 0 Å². The lowest BCUT2D eigenvalue weighted by atomic mass is 10.0. The van der Waals surface area contributed by atoms with Gasteiger partial charge in [-0.25, -0.2) is 4.39 Å². The largest absolute Gasteiger partial charge is 0.362 e. The quantitative estimate of drug-likeness (QED) is 0.645. The van der Waals surface area contributed by atoms with Gasteiger partial charge in [0.25, 0.3) is 0 Å². The van der Waals surface area contributed by atoms with Crippen LogP contribution in [0.3, 0.4) is 0 Å². The minimum absolute atomic E-state index is 0.262. The zero-order valence-corrected chi connectivity index (χ0v) is 13.4. The van der Waals surface area contributed by atoms with Crippen LogP contribution in [0.4, 0.5) is 10.1 Å². The summed E-state index contributed by atoms with van der Waals surface area (Å²) in [5, 5.41) is 6.72. The summed E-state index contributed by atoms with van der Waals surface area (Å²) >= 11 is 5.21. The standard InChI is InChI=1S/C16H24FN3S/c1-13-5-3-9-20(12-13)10-4-8-18-16(21)19-15-7-2-6-14(17)11-15/h2,6-7,11,13H,3-5,8-10,12H2,1H3,(H2,18,19,21)/t13-/m0/s1. The molecule has 1 aliphatic heterocycles. The van der Waals surface area contributed by atoms with E-state index >= 15 is 0 Å². The first-order chi connectivity index (χ1) is 10.1. The smallest absolute Gasteiger partial charge is 0.170 e. The molecule has 1 saturated heterocycles. The molecular formula is C16H24FN3S. The number of anilines is 1. The lowest BCUT2D eigenvalue weighted by Gasteiger charge is -2.30. The molecule has 0 radical (unpaired) electrons. The van der Waals surface area contributed by atoms with Gasteiger partial charge in [0.05, 0.1) is 0 Å². The molecule has 3 nitrogen and oxygen atoms in total. The maximum atomic E-state index is 13.1. The first-order valence-corrected chi connectivity index (χ1v) is 8.07. The van der Waals surface area contributed by atoms with E-state index in [0.29, 0.717) is 10.8 Å². The van der Waals surface area contributed by atoms with E-state index in [2.05, 4.69) is 22.5 Å². The van der Waals surface area contributed by atoms with Crippen molar-refractivity contribution in [3.63, 3.8) is 0 Å². The van der Waals surface area contributed by atoms with Gasteiger partial charge in [0.15, 0.2) is 5.11 Å². The maximum Gasteiger partial charge on any atom is 0.170 e. The highest BCUT2D eigenvalue weighted by Gasteiger charge is 2.15. The number of nitrogens with zero attached hydrogens (tertiary/aromatic N) is 1. The van der Waals surface area contributed by atoms with Crippen molar-refractivity contribution in [1.29, 1.82) is 0 Å². The Morgan fingerprint density at radius 3 is 3.10 bits per heavy atom. The van der Waals surface area contributed by atoms with Crippen molar-refractivity contribution in [2.75, 3.05) is 31.5 Å². The number of hydrogen-bond acceptors (Lipinski definition) is 2. The predicted octanol–water partition coefficient (Wildman–Crippen LogP) is 3.23. The van der Waals surface area contributed by atoms with E-state index in [-0.39, 0.29) is 5.82 Å². The molecule has 2 rings (SSSR count). The second-order valence-electron chi connectivity index (χ2n) is 5.79. The fraction of sp³-hybridized carbons (Fsp3) is 0.562. The Labute approximate surface area is 131 Å². The molecule has 21 heavy (non-hydrogen) atoms. The summed E-state index contributed by atoms with van der Waals surface area (Å²) in [6.07, 6.45) is 3.74. The molecule has 1 aliphatic rings. The summed E-state index contributed by atoms with van der Waals surface area (Å²) in [6.45, 7) is 6.71. The molecule has 0 amide bonds. The third kappa shape index (κ3) is 5.98. The van der Waals surface area contributed by atoms with Crippen molar-refractivity contribution in [2.24, 2.45) is 5.92 Å². The predicted molar refractivity (Wildman–Crippen MR) is 90.1 cm³/mol. The van der Waals surface area contributed by atoms with Crippen LogP contribution in [0.5, 0.6) is 0 Å². The van der Waals surface area contributed by atoms with Gasteiger partial charge in [-0.05, 0) is 68.7 Å². The number of likely N-dealkylation sites (tertiary alicyclic amines) is 1. The molecule has 1 atom stereocenters. The van der Waals surface area contributed by atoms with Crippen LogP contribution in [-0.2, 0) is 0 Å². The van der Waals surface area contributed by atoms with Crippen LogP contribution in [0.25, 0.3) is 0 Å². The van der Waals surface area contributed by atoms with Gasteiger partial charge in [-0.2, -0.15) is 0 Å². The molecule has 116 valence electrons. The second kappa shape index (κ2) is 8.29. The lowest BCUT2D eigenvalue weighted by molar-refractivity contribution is 0.182. The summed E-state index contributed by atoms with van der Waals surface area (Å²) in [5.41, 5.74) is 0.678. The number of hydrogen-bond donors (Lipinski definition) is 2. The Balaban J connectivity index is 1.61. The van der Waals surface area contributed by atoms with Gasteiger partial charge < -0.3 is 15.5 Å². The minimum atomic E-state index is -0.262. The van der Waals surface area contributed by atoms with Crippen LogP contribution in [-0.4, -0.2) is 36.2 Å². The normalized spacial score (nSPS) is 19.2. The summed E-state index contributed by atoms with van der Waals surface area (Å²) in [4.78, 5) is 2.53. The number of nitrogens with one attached hydrogen (secondary N) is 2. The number of piperidine rings is 1. The molecule has 1 fully saturated rings. The second-order valence-corrected chi connectivity index (χ2v) is 6.20. The third-order valence-corrected chi connectivity index (χ3v) is 4.01. The SMILES string of the molecule is C[C@H]1CCCN(CCCNC(=S)Nc2cccc(F)c2)C1. The van der Waals surface area contributed by atoms with Gasteiger partial charge in [0, 0.05) is 18.8 Å². The van der Waals surface area contributed by atoms with Crippen molar-refractivity contribution < 1.29 is 4.39 Å². The van der Waals surface area contributed by atoms with E-state index in [1.165, 1.54) is 38.1 Å². The van der Waals surface area contributed by atoms with Gasteiger partial charge >= 0.3 is 0 Å². The maximum absolute atomic E-state index is 13.1. The zero-order chi connectivity index (χ0) is 15.1. The van der Waals surface area contributed by atoms with Crippen LogP contribution in [0.1, 0.15) is 26.2 Å². The van der Waals surface area contributed by atoms with Crippen molar-refractivity contribution >= 4 is 23.0 Å². The number of rotatable bonds is 5. The molecule has 1 aromatic carbocycles. The van der Waals surface area contributed by atoms with Crippen molar-refractivity contribution in [1.82, 2.24) is 10.2 Å². The van der Waals surface area contributed by atoms with E-state index < -0.39 is 0 Å². The lowest BCUT2D eigenvalue weighted by Crippen LogP contribution is -2.37. The van der Waals surface area contributed by atoms with Gasteiger partial charge in [0.1, 0.15) is 5.82 Å². The van der Waals surface area contributed by atoms with E-state index in [4.69, 9.17) is 12.2 Å². The average molecular weight is 309 g/mol. The molecule has 0 aliphatic carbocycles. The molecule has 0 unspecified atom stereocenters. The Kier molecular flexibility index (Phi) is 6.39. The van der Waals surface area contributed by atoms with Crippen LogP contribution in [0.15, 0.2) is 24.3 Å². The zero-order valence-electron chi connectivity index (χ0n) is 12.6. The van der Waals surface area contributed by atoms with Crippen LogP contribution in [0, 0.1) is 11.7 Å². The number of halogens is 1. The summed E-state index contributed by atoms with van der Waals surface area (Å²) in [6, 6.07) is 6.31. The highest BCUT2D eigenvalue weighted by Crippen LogP contribution is 2.15.